The molecule has 1 aliphatic heterocycles. The Morgan fingerprint density at radius 1 is 1.28 bits per heavy atom. The van der Waals surface area contributed by atoms with Gasteiger partial charge in [0.05, 0.1) is 12.7 Å². The largest absolute Gasteiger partial charge is 0.493 e. The monoisotopic (exact) mass is 345 g/mol. The van der Waals surface area contributed by atoms with E-state index in [0.717, 1.165) is 18.6 Å². The summed E-state index contributed by atoms with van der Waals surface area (Å²) in [7, 11) is 2.17. The van der Waals surface area contributed by atoms with Gasteiger partial charge in [0.15, 0.2) is 0 Å². The van der Waals surface area contributed by atoms with Crippen molar-refractivity contribution in [2.75, 3.05) is 6.61 Å². The van der Waals surface area contributed by atoms with Gasteiger partial charge in [-0.05, 0) is 31.4 Å². The molecule has 0 unspecified atom stereocenters. The molecule has 3 atom stereocenters. The highest BCUT2D eigenvalue weighted by atomic mass is 16.5. The van der Waals surface area contributed by atoms with Crippen LogP contribution in [0.4, 0.5) is 0 Å². The number of unbranched alkanes of at least 4 members (excludes halogenated alkanes) is 1. The molecule has 0 aromatic heterocycles. The smallest absolute Gasteiger partial charge is 0.303 e. The Morgan fingerprint density at radius 2 is 2.00 bits per heavy atom. The van der Waals surface area contributed by atoms with Crippen molar-refractivity contribution < 1.29 is 19.7 Å². The predicted octanol–water partition coefficient (Wildman–Crippen LogP) is 4.19. The van der Waals surface area contributed by atoms with Crippen molar-refractivity contribution in [1.29, 1.82) is 0 Å². The lowest BCUT2D eigenvalue weighted by molar-refractivity contribution is -0.137. The van der Waals surface area contributed by atoms with Crippen molar-refractivity contribution in [2.45, 2.75) is 57.8 Å². The number of aliphatic carboxylic acids is 1. The lowest BCUT2D eigenvalue weighted by atomic mass is 9.64. The number of carboxylic acid groups (broad SMARTS) is 1. The van der Waals surface area contributed by atoms with E-state index in [1.54, 1.807) is 0 Å². The SMILES string of the molecule is CC.O=C(O)CCCC=CC[C@H]1[B]C[C@@H](O)[C@@H]1COc1ccccc1. The molecule has 0 amide bonds. The molecule has 0 saturated carbocycles. The van der Waals surface area contributed by atoms with Crippen LogP contribution in [-0.2, 0) is 4.79 Å². The highest BCUT2D eigenvalue weighted by Crippen LogP contribution is 2.35. The van der Waals surface area contributed by atoms with Crippen LogP contribution in [0.5, 0.6) is 5.75 Å². The zero-order valence-electron chi connectivity index (χ0n) is 15.3. The van der Waals surface area contributed by atoms with Crippen LogP contribution in [-0.4, -0.2) is 36.2 Å². The third-order valence-corrected chi connectivity index (χ3v) is 4.25. The Labute approximate surface area is 152 Å². The molecule has 5 heteroatoms. The number of allylic oxidation sites excluding steroid dienone is 2. The number of rotatable bonds is 9. The van der Waals surface area contributed by atoms with Gasteiger partial charge in [-0.3, -0.25) is 4.79 Å². The number of carbonyl (C=O) groups is 1. The molecule has 1 fully saturated rings. The molecule has 1 aromatic carbocycles. The lowest BCUT2D eigenvalue weighted by Crippen LogP contribution is -2.23. The number of carboxylic acids is 1. The van der Waals surface area contributed by atoms with Gasteiger partial charge in [-0.1, -0.05) is 56.3 Å². The summed E-state index contributed by atoms with van der Waals surface area (Å²) in [6, 6.07) is 9.65. The predicted molar refractivity (Wildman–Crippen MR) is 102 cm³/mol. The van der Waals surface area contributed by atoms with Gasteiger partial charge in [-0.15, -0.1) is 0 Å². The molecule has 0 spiro atoms. The molecule has 1 saturated heterocycles. The van der Waals surface area contributed by atoms with Crippen LogP contribution in [0.2, 0.25) is 12.1 Å². The number of para-hydroxylation sites is 1. The Hall–Kier alpha value is -1.75. The second-order valence-corrected chi connectivity index (χ2v) is 5.98. The van der Waals surface area contributed by atoms with Gasteiger partial charge < -0.3 is 14.9 Å². The zero-order chi connectivity index (χ0) is 18.5. The van der Waals surface area contributed by atoms with Crippen LogP contribution in [0.3, 0.4) is 0 Å². The summed E-state index contributed by atoms with van der Waals surface area (Å²) < 4.78 is 5.79. The molecular formula is C20H30BO4. The molecule has 0 aliphatic carbocycles. The summed E-state index contributed by atoms with van der Waals surface area (Å²) in [6.45, 7) is 4.51. The summed E-state index contributed by atoms with van der Waals surface area (Å²) >= 11 is 0. The fourth-order valence-electron chi connectivity index (χ4n) is 2.91. The van der Waals surface area contributed by atoms with E-state index in [0.29, 0.717) is 25.2 Å². The molecule has 1 heterocycles. The maximum Gasteiger partial charge on any atom is 0.303 e. The lowest BCUT2D eigenvalue weighted by Gasteiger charge is -2.22. The summed E-state index contributed by atoms with van der Waals surface area (Å²) in [5.74, 6) is 0.502. The summed E-state index contributed by atoms with van der Waals surface area (Å²) in [5, 5.41) is 18.7. The average molecular weight is 345 g/mol. The molecule has 25 heavy (non-hydrogen) atoms. The van der Waals surface area contributed by atoms with Crippen molar-refractivity contribution in [3.63, 3.8) is 0 Å². The Morgan fingerprint density at radius 3 is 2.68 bits per heavy atom. The zero-order valence-corrected chi connectivity index (χ0v) is 15.3. The van der Waals surface area contributed by atoms with Gasteiger partial charge in [0.1, 0.15) is 13.0 Å². The second-order valence-electron chi connectivity index (χ2n) is 5.98. The molecule has 1 aromatic rings. The van der Waals surface area contributed by atoms with E-state index in [1.165, 1.54) is 0 Å². The van der Waals surface area contributed by atoms with E-state index in [9.17, 15) is 9.90 Å². The molecule has 137 valence electrons. The first-order valence-corrected chi connectivity index (χ1v) is 9.23. The minimum absolute atomic E-state index is 0.110. The Bertz CT molecular complexity index is 504. The number of hydrogen-bond donors (Lipinski definition) is 2. The van der Waals surface area contributed by atoms with Crippen LogP contribution in [0.25, 0.3) is 0 Å². The third kappa shape index (κ3) is 8.26. The van der Waals surface area contributed by atoms with Crippen molar-refractivity contribution in [1.82, 2.24) is 0 Å². The average Bonchev–Trinajstić information content (AvgIpc) is 2.98. The first-order valence-electron chi connectivity index (χ1n) is 9.23. The van der Waals surface area contributed by atoms with Crippen LogP contribution in [0.15, 0.2) is 42.5 Å². The summed E-state index contributed by atoms with van der Waals surface area (Å²) in [5.41, 5.74) is 0. The van der Waals surface area contributed by atoms with Crippen molar-refractivity contribution in [3.8, 4) is 5.75 Å². The number of aliphatic hydroxyl groups excluding tert-OH is 1. The van der Waals surface area contributed by atoms with Crippen LogP contribution >= 0.6 is 0 Å². The molecule has 1 radical (unpaired) electrons. The second kappa shape index (κ2) is 12.6. The van der Waals surface area contributed by atoms with Crippen molar-refractivity contribution >= 4 is 13.2 Å². The topological polar surface area (TPSA) is 66.8 Å². The van der Waals surface area contributed by atoms with Crippen molar-refractivity contribution in [2.24, 2.45) is 5.92 Å². The van der Waals surface area contributed by atoms with Gasteiger partial charge >= 0.3 is 5.97 Å². The van der Waals surface area contributed by atoms with E-state index in [4.69, 9.17) is 9.84 Å². The van der Waals surface area contributed by atoms with E-state index >= 15 is 0 Å². The maximum atomic E-state index is 10.4. The first-order chi connectivity index (χ1) is 12.2. The Balaban J connectivity index is 0.00000151. The van der Waals surface area contributed by atoms with Gasteiger partial charge in [0.25, 0.3) is 0 Å². The van der Waals surface area contributed by atoms with Gasteiger partial charge in [-0.25, -0.2) is 0 Å². The quantitative estimate of drug-likeness (QED) is 0.400. The highest BCUT2D eigenvalue weighted by molar-refractivity contribution is 6.39. The number of ether oxygens (including phenoxy) is 1. The Kier molecular flexibility index (Phi) is 10.7. The fourth-order valence-corrected chi connectivity index (χ4v) is 2.91. The van der Waals surface area contributed by atoms with Crippen LogP contribution in [0.1, 0.15) is 39.5 Å². The van der Waals surface area contributed by atoms with Gasteiger partial charge in [0.2, 0.25) is 0 Å². The summed E-state index contributed by atoms with van der Waals surface area (Å²) in [6.07, 6.45) is 7.03. The minimum atomic E-state index is -0.747. The molecule has 2 N–H and O–H groups in total. The van der Waals surface area contributed by atoms with Gasteiger partial charge in [-0.2, -0.15) is 0 Å². The van der Waals surface area contributed by atoms with E-state index < -0.39 is 5.97 Å². The minimum Gasteiger partial charge on any atom is -0.493 e. The van der Waals surface area contributed by atoms with E-state index in [2.05, 4.69) is 13.4 Å². The van der Waals surface area contributed by atoms with Gasteiger partial charge in [0, 0.05) is 12.3 Å². The molecular weight excluding hydrogens is 315 g/mol. The van der Waals surface area contributed by atoms with Crippen LogP contribution in [0, 0.1) is 5.92 Å². The van der Waals surface area contributed by atoms with E-state index in [-0.39, 0.29) is 18.4 Å². The normalized spacial score (nSPS) is 22.1. The highest BCUT2D eigenvalue weighted by Gasteiger charge is 2.35. The maximum absolute atomic E-state index is 10.4. The first kappa shape index (κ1) is 21.3. The molecule has 1 aliphatic rings. The van der Waals surface area contributed by atoms with Crippen molar-refractivity contribution in [3.05, 3.63) is 42.5 Å². The molecule has 2 rings (SSSR count). The fraction of sp³-hybridized carbons (Fsp3) is 0.550. The van der Waals surface area contributed by atoms with E-state index in [1.807, 2.05) is 50.3 Å². The number of aliphatic hydroxyl groups is 1. The molecule has 4 nitrogen and oxygen atoms in total. The number of benzene rings is 1. The summed E-state index contributed by atoms with van der Waals surface area (Å²) in [4.78, 5) is 10.4. The standard InChI is InChI=1S/C18H24BO4.C2H6/c20-17-12-19-16(10-6-1-2-7-11-18(21)22)15(17)13-23-14-8-4-3-5-9-14;1-2/h1,3-6,8-9,15-17,20H,2,7,10-13H2,(H,21,22);1-2H3/t15-,16-,17-;/m1./s1. The number of hydrogen-bond acceptors (Lipinski definition) is 3. The third-order valence-electron chi connectivity index (χ3n) is 4.25. The van der Waals surface area contributed by atoms with Crippen LogP contribution < -0.4 is 4.74 Å². The molecule has 0 bridgehead atoms.